The summed E-state index contributed by atoms with van der Waals surface area (Å²) >= 11 is 0. The van der Waals surface area contributed by atoms with Crippen molar-refractivity contribution in [1.29, 1.82) is 0 Å². The summed E-state index contributed by atoms with van der Waals surface area (Å²) in [6.07, 6.45) is 1.72. The van der Waals surface area contributed by atoms with Crippen LogP contribution < -0.4 is 17.2 Å². The van der Waals surface area contributed by atoms with E-state index in [0.29, 0.717) is 5.82 Å². The van der Waals surface area contributed by atoms with Gasteiger partial charge in [-0.05, 0) is 17.7 Å². The fourth-order valence-corrected chi connectivity index (χ4v) is 1.40. The molecule has 0 atom stereocenters. The Bertz CT molecular complexity index is 593. The lowest BCUT2D eigenvalue weighted by atomic mass is 10.2. The molecule has 2 aromatic carbocycles. The quantitative estimate of drug-likeness (QED) is 0.439. The summed E-state index contributed by atoms with van der Waals surface area (Å²) in [7, 11) is 0. The van der Waals surface area contributed by atoms with Crippen molar-refractivity contribution in [3.63, 3.8) is 0 Å². The van der Waals surface area contributed by atoms with E-state index in [1.54, 1.807) is 18.2 Å². The molecule has 0 saturated heterocycles. The molecule has 0 spiro atoms. The number of nitro groups is 1. The lowest BCUT2D eigenvalue weighted by Gasteiger charge is -1.92. The van der Waals surface area contributed by atoms with Crippen molar-refractivity contribution in [2.45, 2.75) is 0 Å². The Labute approximate surface area is 116 Å². The molecule has 0 aliphatic carbocycles. The molecule has 20 heavy (non-hydrogen) atoms. The number of anilines is 1. The van der Waals surface area contributed by atoms with Gasteiger partial charge in [-0.25, -0.2) is 0 Å². The number of para-hydroxylation sites is 2. The molecule has 0 heterocycles. The summed E-state index contributed by atoms with van der Waals surface area (Å²) in [5.74, 6) is 0.339. The zero-order valence-electron chi connectivity index (χ0n) is 10.8. The lowest BCUT2D eigenvalue weighted by molar-refractivity contribution is -0.383. The Balaban J connectivity index is 0.000000200. The molecule has 0 bridgehead atoms. The third kappa shape index (κ3) is 5.09. The Morgan fingerprint density at radius 1 is 1.00 bits per heavy atom. The van der Waals surface area contributed by atoms with Crippen molar-refractivity contribution >= 4 is 17.5 Å². The molecule has 0 unspecified atom stereocenters. The number of benzene rings is 2. The van der Waals surface area contributed by atoms with E-state index in [4.69, 9.17) is 17.2 Å². The summed E-state index contributed by atoms with van der Waals surface area (Å²) < 4.78 is 0. The van der Waals surface area contributed by atoms with Gasteiger partial charge in [-0.3, -0.25) is 10.1 Å². The Hall–Kier alpha value is -3.02. The van der Waals surface area contributed by atoms with Crippen LogP contribution >= 0.6 is 0 Å². The van der Waals surface area contributed by atoms with E-state index in [0.717, 1.165) is 5.56 Å². The van der Waals surface area contributed by atoms with E-state index in [1.807, 2.05) is 30.3 Å². The topological polar surface area (TPSA) is 121 Å². The van der Waals surface area contributed by atoms with Gasteiger partial charge in [0.2, 0.25) is 0 Å². The molecule has 2 rings (SSSR count). The van der Waals surface area contributed by atoms with E-state index in [1.165, 1.54) is 12.1 Å². The van der Waals surface area contributed by atoms with E-state index in [2.05, 4.69) is 0 Å². The number of nitrogens with two attached hydrogens (primary N) is 3. The van der Waals surface area contributed by atoms with Crippen LogP contribution in [0.25, 0.3) is 6.08 Å². The molecule has 6 heteroatoms. The highest BCUT2D eigenvalue weighted by atomic mass is 16.6. The highest BCUT2D eigenvalue weighted by molar-refractivity contribution is 5.57. The van der Waals surface area contributed by atoms with Gasteiger partial charge in [0.1, 0.15) is 5.69 Å². The molecule has 0 saturated carbocycles. The minimum absolute atomic E-state index is 0.0394. The molecule has 0 radical (unpaired) electrons. The van der Waals surface area contributed by atoms with Crippen molar-refractivity contribution < 1.29 is 4.92 Å². The van der Waals surface area contributed by atoms with Crippen LogP contribution in [0.4, 0.5) is 11.4 Å². The Morgan fingerprint density at radius 3 is 2.00 bits per heavy atom. The van der Waals surface area contributed by atoms with Gasteiger partial charge >= 0.3 is 0 Å². The summed E-state index contributed by atoms with van der Waals surface area (Å²) in [5.41, 5.74) is 17.0. The average Bonchev–Trinajstić information content (AvgIpc) is 2.40. The number of nitrogen functional groups attached to an aromatic ring is 1. The lowest BCUT2D eigenvalue weighted by Crippen LogP contribution is -2.06. The van der Waals surface area contributed by atoms with Crippen LogP contribution in [-0.2, 0) is 0 Å². The van der Waals surface area contributed by atoms with Crippen LogP contribution in [0.5, 0.6) is 0 Å². The third-order valence-electron chi connectivity index (χ3n) is 2.27. The highest BCUT2D eigenvalue weighted by Gasteiger charge is 2.07. The van der Waals surface area contributed by atoms with Crippen molar-refractivity contribution in [2.75, 3.05) is 5.73 Å². The predicted molar refractivity (Wildman–Crippen MR) is 80.3 cm³/mol. The van der Waals surface area contributed by atoms with Gasteiger partial charge in [-0.1, -0.05) is 42.5 Å². The van der Waals surface area contributed by atoms with Crippen LogP contribution in [0.2, 0.25) is 0 Å². The first-order valence-electron chi connectivity index (χ1n) is 5.77. The molecule has 6 nitrogen and oxygen atoms in total. The van der Waals surface area contributed by atoms with Gasteiger partial charge in [0.25, 0.3) is 5.69 Å². The second-order valence-corrected chi connectivity index (χ2v) is 3.87. The molecular formula is C14H16N4O2. The monoisotopic (exact) mass is 272 g/mol. The molecule has 0 fully saturated rings. The fourth-order valence-electron chi connectivity index (χ4n) is 1.40. The molecule has 0 aliphatic rings. The Morgan fingerprint density at radius 2 is 1.55 bits per heavy atom. The van der Waals surface area contributed by atoms with Crippen LogP contribution in [0, 0.1) is 10.1 Å². The molecule has 2 aromatic rings. The maximum Gasteiger partial charge on any atom is 0.292 e. The smallest absolute Gasteiger partial charge is 0.292 e. The molecular weight excluding hydrogens is 256 g/mol. The van der Waals surface area contributed by atoms with E-state index in [-0.39, 0.29) is 11.4 Å². The van der Waals surface area contributed by atoms with E-state index < -0.39 is 4.92 Å². The van der Waals surface area contributed by atoms with Crippen molar-refractivity contribution in [2.24, 2.45) is 11.5 Å². The maximum absolute atomic E-state index is 10.1. The number of hydrogen-bond donors (Lipinski definition) is 3. The van der Waals surface area contributed by atoms with Crippen LogP contribution in [0.15, 0.2) is 60.4 Å². The molecule has 6 N–H and O–H groups in total. The number of nitrogens with zero attached hydrogens (tertiary/aromatic N) is 1. The number of rotatable bonds is 2. The minimum atomic E-state index is -0.505. The minimum Gasteiger partial charge on any atom is -0.393 e. The van der Waals surface area contributed by atoms with Gasteiger partial charge in [-0.2, -0.15) is 0 Å². The molecule has 104 valence electrons. The van der Waals surface area contributed by atoms with Crippen molar-refractivity contribution in [1.82, 2.24) is 0 Å². The van der Waals surface area contributed by atoms with Crippen LogP contribution in [0.3, 0.4) is 0 Å². The maximum atomic E-state index is 10.1. The first kappa shape index (κ1) is 15.0. The normalized spacial score (nSPS) is 9.00. The fraction of sp³-hybridized carbons (Fsp3) is 0. The van der Waals surface area contributed by atoms with E-state index >= 15 is 0 Å². The summed E-state index contributed by atoms with van der Waals surface area (Å²) in [5, 5.41) is 10.1. The van der Waals surface area contributed by atoms with Crippen molar-refractivity contribution in [3.05, 3.63) is 76.1 Å². The second kappa shape index (κ2) is 7.42. The first-order valence-corrected chi connectivity index (χ1v) is 5.77. The third-order valence-corrected chi connectivity index (χ3v) is 2.27. The van der Waals surface area contributed by atoms with Crippen molar-refractivity contribution in [3.8, 4) is 0 Å². The zero-order valence-corrected chi connectivity index (χ0v) is 10.8. The van der Waals surface area contributed by atoms with Gasteiger partial charge in [0, 0.05) is 6.07 Å². The molecule has 0 amide bonds. The number of hydrogen-bond acceptors (Lipinski definition) is 5. The van der Waals surface area contributed by atoms with Gasteiger partial charge < -0.3 is 17.2 Å². The second-order valence-electron chi connectivity index (χ2n) is 3.87. The van der Waals surface area contributed by atoms with Gasteiger partial charge in [-0.15, -0.1) is 0 Å². The molecule has 0 aliphatic heterocycles. The largest absolute Gasteiger partial charge is 0.393 e. The first-order chi connectivity index (χ1) is 9.50. The standard InChI is InChI=1S/C8H10N2.C6H6N2O2/c9-8(10)6-7-4-2-1-3-5-7;7-5-3-1-2-4-6(5)8(9)10/h1-6H,9-10H2;1-4H,7H2. The summed E-state index contributed by atoms with van der Waals surface area (Å²) in [6.45, 7) is 0. The Kier molecular flexibility index (Phi) is 5.58. The SMILES string of the molecule is NC(N)=Cc1ccccc1.Nc1ccccc1[N+](=O)[O-]. The van der Waals surface area contributed by atoms with Crippen LogP contribution in [-0.4, -0.2) is 4.92 Å². The van der Waals surface area contributed by atoms with Gasteiger partial charge in [0.05, 0.1) is 10.7 Å². The zero-order chi connectivity index (χ0) is 15.0. The molecule has 0 aromatic heterocycles. The summed E-state index contributed by atoms with van der Waals surface area (Å²) in [6, 6.07) is 15.8. The highest BCUT2D eigenvalue weighted by Crippen LogP contribution is 2.18. The summed E-state index contributed by atoms with van der Waals surface area (Å²) in [4.78, 5) is 9.64. The predicted octanol–water partition coefficient (Wildman–Crippen LogP) is 2.08. The number of nitro benzene ring substituents is 1. The average molecular weight is 272 g/mol. The van der Waals surface area contributed by atoms with Crippen LogP contribution in [0.1, 0.15) is 5.56 Å². The van der Waals surface area contributed by atoms with E-state index in [9.17, 15) is 10.1 Å². The van der Waals surface area contributed by atoms with Gasteiger partial charge in [0.15, 0.2) is 0 Å².